The highest BCUT2D eigenvalue weighted by atomic mass is 16.5. The molecule has 0 saturated carbocycles. The molecule has 1 unspecified atom stereocenters. The number of nitrogens with zero attached hydrogens (tertiary/aromatic N) is 1. The zero-order chi connectivity index (χ0) is 13.2. The number of carbonyl (C=O) groups is 1. The second-order valence-corrected chi connectivity index (χ2v) is 4.43. The van der Waals surface area contributed by atoms with Crippen molar-refractivity contribution in [1.29, 1.82) is 0 Å². The average Bonchev–Trinajstić information content (AvgIpc) is 3.02. The SMILES string of the molecule is Nc1[nH]ncc1CNC(=O)C1COc2ccccc21. The van der Waals surface area contributed by atoms with Crippen LogP contribution in [0, 0.1) is 0 Å². The second-order valence-electron chi connectivity index (χ2n) is 4.43. The number of amides is 1. The van der Waals surface area contributed by atoms with Gasteiger partial charge in [0, 0.05) is 17.7 Å². The van der Waals surface area contributed by atoms with Crippen molar-refractivity contribution in [3.8, 4) is 5.75 Å². The third-order valence-electron chi connectivity index (χ3n) is 3.22. The van der Waals surface area contributed by atoms with Crippen molar-refractivity contribution in [2.24, 2.45) is 0 Å². The van der Waals surface area contributed by atoms with E-state index in [1.807, 2.05) is 24.3 Å². The number of nitrogens with one attached hydrogen (secondary N) is 2. The van der Waals surface area contributed by atoms with E-state index >= 15 is 0 Å². The number of hydrogen-bond acceptors (Lipinski definition) is 4. The van der Waals surface area contributed by atoms with Crippen LogP contribution in [0.5, 0.6) is 5.75 Å². The van der Waals surface area contributed by atoms with Crippen molar-refractivity contribution in [1.82, 2.24) is 15.5 Å². The number of anilines is 1. The third kappa shape index (κ3) is 2.12. The highest BCUT2D eigenvalue weighted by Gasteiger charge is 2.29. The molecule has 4 N–H and O–H groups in total. The number of H-pyrrole nitrogens is 1. The fraction of sp³-hybridized carbons (Fsp3) is 0.231. The van der Waals surface area contributed by atoms with Crippen LogP contribution in [0.3, 0.4) is 0 Å². The third-order valence-corrected chi connectivity index (χ3v) is 3.22. The number of nitrogens with two attached hydrogens (primary N) is 1. The van der Waals surface area contributed by atoms with Gasteiger partial charge in [-0.2, -0.15) is 5.10 Å². The molecule has 0 aliphatic carbocycles. The fourth-order valence-electron chi connectivity index (χ4n) is 2.15. The Balaban J connectivity index is 1.68. The Bertz CT molecular complexity index is 608. The van der Waals surface area contributed by atoms with Crippen LogP contribution in [-0.4, -0.2) is 22.7 Å². The minimum absolute atomic E-state index is 0.0643. The van der Waals surface area contributed by atoms with Gasteiger partial charge in [-0.25, -0.2) is 0 Å². The van der Waals surface area contributed by atoms with E-state index in [4.69, 9.17) is 10.5 Å². The molecule has 1 amide bonds. The summed E-state index contributed by atoms with van der Waals surface area (Å²) in [6.07, 6.45) is 1.61. The number of carbonyl (C=O) groups excluding carboxylic acids is 1. The summed E-state index contributed by atoms with van der Waals surface area (Å²) in [5, 5.41) is 9.29. The summed E-state index contributed by atoms with van der Waals surface area (Å²) in [6.45, 7) is 0.742. The van der Waals surface area contributed by atoms with Crippen molar-refractivity contribution in [3.63, 3.8) is 0 Å². The first-order chi connectivity index (χ1) is 9.25. The van der Waals surface area contributed by atoms with E-state index in [9.17, 15) is 4.79 Å². The number of aromatic amines is 1. The second kappa shape index (κ2) is 4.64. The van der Waals surface area contributed by atoms with E-state index in [2.05, 4.69) is 15.5 Å². The first-order valence-corrected chi connectivity index (χ1v) is 6.03. The minimum Gasteiger partial charge on any atom is -0.492 e. The van der Waals surface area contributed by atoms with Gasteiger partial charge in [-0.15, -0.1) is 0 Å². The number of benzene rings is 1. The quantitative estimate of drug-likeness (QED) is 0.758. The lowest BCUT2D eigenvalue weighted by Gasteiger charge is -2.09. The Morgan fingerprint density at radius 3 is 3.16 bits per heavy atom. The molecule has 0 radical (unpaired) electrons. The number of fused-ring (bicyclic) bond motifs is 1. The fourth-order valence-corrected chi connectivity index (χ4v) is 2.15. The number of rotatable bonds is 3. The van der Waals surface area contributed by atoms with E-state index < -0.39 is 0 Å². The van der Waals surface area contributed by atoms with Crippen LogP contribution < -0.4 is 15.8 Å². The van der Waals surface area contributed by atoms with Crippen LogP contribution >= 0.6 is 0 Å². The van der Waals surface area contributed by atoms with Gasteiger partial charge in [0.2, 0.25) is 5.91 Å². The monoisotopic (exact) mass is 258 g/mol. The van der Waals surface area contributed by atoms with Crippen LogP contribution in [0.1, 0.15) is 17.0 Å². The van der Waals surface area contributed by atoms with E-state index in [1.54, 1.807) is 6.20 Å². The van der Waals surface area contributed by atoms with Gasteiger partial charge < -0.3 is 15.8 Å². The van der Waals surface area contributed by atoms with Gasteiger partial charge in [0.1, 0.15) is 24.1 Å². The molecule has 1 aliphatic heterocycles. The van der Waals surface area contributed by atoms with E-state index in [0.717, 1.165) is 16.9 Å². The van der Waals surface area contributed by atoms with Crippen molar-refractivity contribution in [3.05, 3.63) is 41.6 Å². The lowest BCUT2D eigenvalue weighted by atomic mass is 10.0. The van der Waals surface area contributed by atoms with Crippen LogP contribution in [0.15, 0.2) is 30.5 Å². The summed E-state index contributed by atoms with van der Waals surface area (Å²) in [5.74, 6) is 0.934. The predicted octanol–water partition coefficient (Wildman–Crippen LogP) is 0.784. The van der Waals surface area contributed by atoms with Crippen molar-refractivity contribution < 1.29 is 9.53 Å². The zero-order valence-corrected chi connectivity index (χ0v) is 10.2. The van der Waals surface area contributed by atoms with Gasteiger partial charge in [0.25, 0.3) is 0 Å². The topological polar surface area (TPSA) is 93.0 Å². The smallest absolute Gasteiger partial charge is 0.231 e. The predicted molar refractivity (Wildman–Crippen MR) is 69.5 cm³/mol. The highest BCUT2D eigenvalue weighted by Crippen LogP contribution is 2.33. The number of hydrogen-bond donors (Lipinski definition) is 3. The summed E-state index contributed by atoms with van der Waals surface area (Å²) in [7, 11) is 0. The standard InChI is InChI=1S/C13H14N4O2/c14-12-8(6-16-17-12)5-15-13(18)10-7-19-11-4-2-1-3-9(10)11/h1-4,6,10H,5,7H2,(H,15,18)(H3,14,16,17). The maximum atomic E-state index is 12.2. The Morgan fingerprint density at radius 1 is 1.53 bits per heavy atom. The molecule has 1 aliphatic rings. The first-order valence-electron chi connectivity index (χ1n) is 6.03. The highest BCUT2D eigenvalue weighted by molar-refractivity contribution is 5.85. The van der Waals surface area contributed by atoms with Crippen LogP contribution in [0.25, 0.3) is 0 Å². The molecule has 2 heterocycles. The summed E-state index contributed by atoms with van der Waals surface area (Å²) in [4.78, 5) is 12.2. The molecule has 2 aromatic rings. The molecule has 1 atom stereocenters. The molecule has 6 nitrogen and oxygen atoms in total. The molecular weight excluding hydrogens is 244 g/mol. The Kier molecular flexibility index (Phi) is 2.83. The van der Waals surface area contributed by atoms with Gasteiger partial charge in [0.05, 0.1) is 6.20 Å². The van der Waals surface area contributed by atoms with Gasteiger partial charge in [-0.1, -0.05) is 18.2 Å². The van der Waals surface area contributed by atoms with Gasteiger partial charge in [-0.05, 0) is 6.07 Å². The summed E-state index contributed by atoms with van der Waals surface area (Å²) >= 11 is 0. The maximum Gasteiger partial charge on any atom is 0.231 e. The maximum absolute atomic E-state index is 12.2. The molecule has 0 spiro atoms. The van der Waals surface area contributed by atoms with E-state index in [0.29, 0.717) is 19.0 Å². The molecule has 0 bridgehead atoms. The number of aromatic nitrogens is 2. The van der Waals surface area contributed by atoms with E-state index in [-0.39, 0.29) is 11.8 Å². The largest absolute Gasteiger partial charge is 0.492 e. The Morgan fingerprint density at radius 2 is 2.37 bits per heavy atom. The number of ether oxygens (including phenoxy) is 1. The van der Waals surface area contributed by atoms with Crippen molar-refractivity contribution >= 4 is 11.7 Å². The van der Waals surface area contributed by atoms with E-state index in [1.165, 1.54) is 0 Å². The molecule has 19 heavy (non-hydrogen) atoms. The van der Waals surface area contributed by atoms with Crippen molar-refractivity contribution in [2.45, 2.75) is 12.5 Å². The molecule has 3 rings (SSSR count). The summed E-state index contributed by atoms with van der Waals surface area (Å²) < 4.78 is 5.49. The average molecular weight is 258 g/mol. The first kappa shape index (κ1) is 11.6. The molecule has 0 saturated heterocycles. The molecule has 0 fully saturated rings. The lowest BCUT2D eigenvalue weighted by Crippen LogP contribution is -2.29. The Labute approximate surface area is 110 Å². The Hall–Kier alpha value is -2.50. The number of para-hydroxylation sites is 1. The molecular formula is C13H14N4O2. The molecule has 98 valence electrons. The van der Waals surface area contributed by atoms with Crippen LogP contribution in [-0.2, 0) is 11.3 Å². The number of nitrogen functional groups attached to an aromatic ring is 1. The summed E-state index contributed by atoms with van der Waals surface area (Å²) in [5.41, 5.74) is 7.37. The van der Waals surface area contributed by atoms with Gasteiger partial charge >= 0.3 is 0 Å². The van der Waals surface area contributed by atoms with Gasteiger partial charge in [-0.3, -0.25) is 9.89 Å². The normalized spacial score (nSPS) is 16.7. The molecule has 1 aromatic heterocycles. The molecule has 6 heteroatoms. The van der Waals surface area contributed by atoms with Crippen LogP contribution in [0.4, 0.5) is 5.82 Å². The molecule has 1 aromatic carbocycles. The van der Waals surface area contributed by atoms with Crippen molar-refractivity contribution in [2.75, 3.05) is 12.3 Å². The summed E-state index contributed by atoms with van der Waals surface area (Å²) in [6, 6.07) is 7.59. The van der Waals surface area contributed by atoms with Crippen LogP contribution in [0.2, 0.25) is 0 Å². The minimum atomic E-state index is -0.260. The zero-order valence-electron chi connectivity index (χ0n) is 10.2. The lowest BCUT2D eigenvalue weighted by molar-refractivity contribution is -0.122. The van der Waals surface area contributed by atoms with Gasteiger partial charge in [0.15, 0.2) is 0 Å².